The highest BCUT2D eigenvalue weighted by molar-refractivity contribution is 7.16. The minimum Gasteiger partial charge on any atom is -0.330 e. The zero-order valence-electron chi connectivity index (χ0n) is 9.84. The number of hydrogen-bond donors (Lipinski definition) is 1. The second kappa shape index (κ2) is 5.07. The van der Waals surface area contributed by atoms with Gasteiger partial charge in [-0.2, -0.15) is 0 Å². The molecule has 1 aromatic rings. The Hall–Kier alpha value is -0.0500. The van der Waals surface area contributed by atoms with E-state index in [1.54, 1.807) is 11.3 Å². The first-order valence-electron chi connectivity index (χ1n) is 6.08. The molecule has 1 aromatic heterocycles. The van der Waals surface area contributed by atoms with E-state index in [-0.39, 0.29) is 0 Å². The molecule has 16 heavy (non-hydrogen) atoms. The van der Waals surface area contributed by atoms with E-state index in [4.69, 9.17) is 17.3 Å². The summed E-state index contributed by atoms with van der Waals surface area (Å²) in [7, 11) is 0. The standard InChI is InChI=1S/C13H20ClNS/c1-10-3-2-6-13(7-10,9-15)8-11-4-5-12(14)16-11/h4-5,10H,2-3,6-9,15H2,1H3. The van der Waals surface area contributed by atoms with Crippen LogP contribution in [0.25, 0.3) is 0 Å². The van der Waals surface area contributed by atoms with Crippen molar-refractivity contribution in [2.75, 3.05) is 6.54 Å². The monoisotopic (exact) mass is 257 g/mol. The van der Waals surface area contributed by atoms with Crippen molar-refractivity contribution in [3.63, 3.8) is 0 Å². The zero-order chi connectivity index (χ0) is 11.6. The van der Waals surface area contributed by atoms with Crippen molar-refractivity contribution in [3.05, 3.63) is 21.3 Å². The largest absolute Gasteiger partial charge is 0.330 e. The Morgan fingerprint density at radius 3 is 2.94 bits per heavy atom. The highest BCUT2D eigenvalue weighted by atomic mass is 35.5. The SMILES string of the molecule is CC1CCCC(CN)(Cc2ccc(Cl)s2)C1. The minimum atomic E-state index is 0.339. The summed E-state index contributed by atoms with van der Waals surface area (Å²) in [6, 6.07) is 4.15. The molecular weight excluding hydrogens is 238 g/mol. The number of thiophene rings is 1. The lowest BCUT2D eigenvalue weighted by Gasteiger charge is -2.39. The lowest BCUT2D eigenvalue weighted by molar-refractivity contribution is 0.155. The summed E-state index contributed by atoms with van der Waals surface area (Å²) in [6.07, 6.45) is 6.37. The van der Waals surface area contributed by atoms with E-state index in [0.717, 1.165) is 23.2 Å². The second-order valence-corrected chi connectivity index (χ2v) is 7.09. The highest BCUT2D eigenvalue weighted by Gasteiger charge is 2.34. The Bertz CT molecular complexity index is 349. The van der Waals surface area contributed by atoms with Crippen LogP contribution in [-0.2, 0) is 6.42 Å². The van der Waals surface area contributed by atoms with Gasteiger partial charge in [-0.15, -0.1) is 11.3 Å². The Morgan fingerprint density at radius 1 is 1.56 bits per heavy atom. The predicted molar refractivity (Wildman–Crippen MR) is 72.2 cm³/mol. The second-order valence-electron chi connectivity index (χ2n) is 5.29. The Labute approximate surface area is 107 Å². The van der Waals surface area contributed by atoms with Gasteiger partial charge < -0.3 is 5.73 Å². The zero-order valence-corrected chi connectivity index (χ0v) is 11.4. The molecule has 1 aliphatic rings. The molecule has 2 rings (SSSR count). The molecule has 0 aliphatic heterocycles. The Kier molecular flexibility index (Phi) is 3.93. The molecule has 0 bridgehead atoms. The summed E-state index contributed by atoms with van der Waals surface area (Å²) < 4.78 is 0.894. The van der Waals surface area contributed by atoms with Crippen LogP contribution in [-0.4, -0.2) is 6.54 Å². The van der Waals surface area contributed by atoms with Gasteiger partial charge >= 0.3 is 0 Å². The lowest BCUT2D eigenvalue weighted by Crippen LogP contribution is -2.37. The van der Waals surface area contributed by atoms with Crippen LogP contribution >= 0.6 is 22.9 Å². The van der Waals surface area contributed by atoms with Crippen molar-refractivity contribution in [3.8, 4) is 0 Å². The maximum atomic E-state index is 6.03. The van der Waals surface area contributed by atoms with Gasteiger partial charge in [0.05, 0.1) is 4.34 Å². The van der Waals surface area contributed by atoms with Crippen LogP contribution < -0.4 is 5.73 Å². The van der Waals surface area contributed by atoms with Gasteiger partial charge in [-0.05, 0) is 49.3 Å². The minimum absolute atomic E-state index is 0.339. The third kappa shape index (κ3) is 2.79. The molecule has 1 saturated carbocycles. The van der Waals surface area contributed by atoms with Gasteiger partial charge in [0, 0.05) is 4.88 Å². The van der Waals surface area contributed by atoms with Crippen molar-refractivity contribution < 1.29 is 0 Å². The van der Waals surface area contributed by atoms with E-state index in [0.29, 0.717) is 5.41 Å². The van der Waals surface area contributed by atoms with Crippen molar-refractivity contribution in [2.45, 2.75) is 39.0 Å². The summed E-state index contributed by atoms with van der Waals surface area (Å²) >= 11 is 7.69. The van der Waals surface area contributed by atoms with E-state index in [9.17, 15) is 0 Å². The molecule has 2 N–H and O–H groups in total. The molecule has 3 heteroatoms. The molecule has 2 atom stereocenters. The van der Waals surface area contributed by atoms with Crippen LogP contribution in [0.4, 0.5) is 0 Å². The van der Waals surface area contributed by atoms with Gasteiger partial charge in [-0.25, -0.2) is 0 Å². The van der Waals surface area contributed by atoms with Crippen LogP contribution in [0.5, 0.6) is 0 Å². The van der Waals surface area contributed by atoms with E-state index in [2.05, 4.69) is 13.0 Å². The highest BCUT2D eigenvalue weighted by Crippen LogP contribution is 2.42. The predicted octanol–water partition coefficient (Wildman–Crippen LogP) is 4.10. The summed E-state index contributed by atoms with van der Waals surface area (Å²) in [5, 5.41) is 0. The molecule has 0 spiro atoms. The molecule has 0 radical (unpaired) electrons. The van der Waals surface area contributed by atoms with Gasteiger partial charge in [0.25, 0.3) is 0 Å². The summed E-state index contributed by atoms with van der Waals surface area (Å²) in [5.74, 6) is 0.827. The third-order valence-electron chi connectivity index (χ3n) is 3.80. The average molecular weight is 258 g/mol. The molecule has 1 nitrogen and oxygen atoms in total. The topological polar surface area (TPSA) is 26.0 Å². The molecular formula is C13H20ClNS. The Balaban J connectivity index is 2.09. The summed E-state index contributed by atoms with van der Waals surface area (Å²) in [6.45, 7) is 3.16. The maximum absolute atomic E-state index is 6.03. The van der Waals surface area contributed by atoms with Crippen molar-refractivity contribution in [2.24, 2.45) is 17.1 Å². The first kappa shape index (κ1) is 12.4. The first-order valence-corrected chi connectivity index (χ1v) is 7.27. The van der Waals surface area contributed by atoms with Crippen LogP contribution in [0.1, 0.15) is 37.5 Å². The van der Waals surface area contributed by atoms with Crippen molar-refractivity contribution >= 4 is 22.9 Å². The fraction of sp³-hybridized carbons (Fsp3) is 0.692. The van der Waals surface area contributed by atoms with Crippen molar-refractivity contribution in [1.82, 2.24) is 0 Å². The van der Waals surface area contributed by atoms with Crippen LogP contribution in [0.15, 0.2) is 12.1 Å². The van der Waals surface area contributed by atoms with Gasteiger partial charge in [0.2, 0.25) is 0 Å². The Morgan fingerprint density at radius 2 is 2.38 bits per heavy atom. The van der Waals surface area contributed by atoms with Crippen LogP contribution in [0.3, 0.4) is 0 Å². The molecule has 2 unspecified atom stereocenters. The van der Waals surface area contributed by atoms with E-state index >= 15 is 0 Å². The summed E-state index contributed by atoms with van der Waals surface area (Å²) in [4.78, 5) is 1.39. The quantitative estimate of drug-likeness (QED) is 0.867. The van der Waals surface area contributed by atoms with Gasteiger partial charge in [0.1, 0.15) is 0 Å². The number of halogens is 1. The van der Waals surface area contributed by atoms with Crippen molar-refractivity contribution in [1.29, 1.82) is 0 Å². The van der Waals surface area contributed by atoms with E-state index < -0.39 is 0 Å². The maximum Gasteiger partial charge on any atom is 0.0931 e. The molecule has 1 aliphatic carbocycles. The van der Waals surface area contributed by atoms with Gasteiger partial charge in [0.15, 0.2) is 0 Å². The lowest BCUT2D eigenvalue weighted by atomic mass is 9.68. The van der Waals surface area contributed by atoms with E-state index in [1.165, 1.54) is 30.6 Å². The summed E-state index contributed by atoms with van der Waals surface area (Å²) in [5.41, 5.74) is 6.37. The number of hydrogen-bond acceptors (Lipinski definition) is 2. The molecule has 0 aromatic carbocycles. The van der Waals surface area contributed by atoms with Crippen LogP contribution in [0.2, 0.25) is 4.34 Å². The van der Waals surface area contributed by atoms with Gasteiger partial charge in [-0.3, -0.25) is 0 Å². The third-order valence-corrected chi connectivity index (χ3v) is 5.03. The molecule has 0 amide bonds. The number of rotatable bonds is 3. The smallest absolute Gasteiger partial charge is 0.0931 e. The number of nitrogens with two attached hydrogens (primary N) is 1. The fourth-order valence-electron chi connectivity index (χ4n) is 3.00. The molecule has 0 saturated heterocycles. The molecule has 90 valence electrons. The normalized spacial score (nSPS) is 30.6. The molecule has 1 heterocycles. The fourth-order valence-corrected chi connectivity index (χ4v) is 4.26. The average Bonchev–Trinajstić information content (AvgIpc) is 2.64. The molecule has 1 fully saturated rings. The van der Waals surface area contributed by atoms with Crippen LogP contribution in [0, 0.1) is 11.3 Å². The first-order chi connectivity index (χ1) is 7.63. The van der Waals surface area contributed by atoms with E-state index in [1.807, 2.05) is 6.07 Å². The van der Waals surface area contributed by atoms with Gasteiger partial charge in [-0.1, -0.05) is 31.4 Å².